The van der Waals surface area contributed by atoms with Crippen molar-refractivity contribution in [3.05, 3.63) is 84.6 Å². The number of nitrogens with two attached hydrogens (primary N) is 1. The molecule has 0 bridgehead atoms. The molecule has 0 fully saturated rings. The number of fused-ring (bicyclic) bond motifs is 4. The number of amidine groups is 1. The van der Waals surface area contributed by atoms with Crippen LogP contribution < -0.4 is 15.2 Å². The van der Waals surface area contributed by atoms with Gasteiger partial charge in [-0.2, -0.15) is 0 Å². The van der Waals surface area contributed by atoms with Crippen LogP contribution in [0.25, 0.3) is 22.3 Å². The summed E-state index contributed by atoms with van der Waals surface area (Å²) in [7, 11) is 1.60. The molecule has 0 amide bonds. The van der Waals surface area contributed by atoms with Gasteiger partial charge in [0.1, 0.15) is 24.4 Å². The molecule has 2 aliphatic heterocycles. The number of pyridine rings is 1. The minimum absolute atomic E-state index is 0.152. The molecule has 4 aromatic rings. The second-order valence-electron chi connectivity index (χ2n) is 7.84. The summed E-state index contributed by atoms with van der Waals surface area (Å²) >= 11 is 0. The first-order valence-corrected chi connectivity index (χ1v) is 10.4. The number of hydrogen-bond acceptors (Lipinski definition) is 8. The minimum atomic E-state index is -0.825. The minimum Gasteiger partial charge on any atom is -0.481 e. The Kier molecular flexibility index (Phi) is 4.26. The fourth-order valence-corrected chi connectivity index (χ4v) is 4.33. The van der Waals surface area contributed by atoms with E-state index in [0.717, 1.165) is 33.4 Å². The number of nitrogens with zero attached hydrogens (tertiary/aromatic N) is 4. The van der Waals surface area contributed by atoms with Crippen LogP contribution in [0.5, 0.6) is 17.4 Å². The maximum Gasteiger partial charge on any atom is 0.283 e. The Labute approximate surface area is 189 Å². The molecule has 1 atom stereocenters. The molecule has 0 saturated heterocycles. The van der Waals surface area contributed by atoms with Gasteiger partial charge < -0.3 is 19.9 Å². The summed E-state index contributed by atoms with van der Waals surface area (Å²) in [6.07, 6.45) is 6.84. The van der Waals surface area contributed by atoms with Crippen LogP contribution in [0.4, 0.5) is 0 Å². The van der Waals surface area contributed by atoms with E-state index < -0.39 is 5.54 Å². The molecule has 0 radical (unpaired) electrons. The van der Waals surface area contributed by atoms with E-state index >= 15 is 0 Å². The summed E-state index contributed by atoms with van der Waals surface area (Å²) in [5, 5.41) is 0. The fourth-order valence-electron chi connectivity index (χ4n) is 4.33. The monoisotopic (exact) mass is 437 g/mol. The molecule has 2 aliphatic rings. The molecule has 8 heteroatoms. The number of benzene rings is 2. The Morgan fingerprint density at radius 3 is 2.09 bits per heavy atom. The van der Waals surface area contributed by atoms with Crippen LogP contribution in [0.3, 0.4) is 0 Å². The summed E-state index contributed by atoms with van der Waals surface area (Å²) in [5.41, 5.74) is 10.7. The quantitative estimate of drug-likeness (QED) is 0.518. The average molecular weight is 437 g/mol. The molecule has 2 aromatic carbocycles. The fraction of sp³-hybridized carbons (Fsp3) is 0.120. The van der Waals surface area contributed by atoms with Gasteiger partial charge in [0.25, 0.3) is 6.02 Å². The average Bonchev–Trinajstić information content (AvgIpc) is 3.26. The third kappa shape index (κ3) is 3.07. The number of aliphatic imine (C=N–C) groups is 1. The van der Waals surface area contributed by atoms with Gasteiger partial charge in [0.15, 0.2) is 5.54 Å². The summed E-state index contributed by atoms with van der Waals surface area (Å²) < 4.78 is 17.2. The molecule has 2 N–H and O–H groups in total. The van der Waals surface area contributed by atoms with Crippen molar-refractivity contribution in [2.75, 3.05) is 13.7 Å². The van der Waals surface area contributed by atoms with Gasteiger partial charge in [-0.05, 0) is 41.5 Å². The number of ether oxygens (including phenoxy) is 3. The van der Waals surface area contributed by atoms with Crippen molar-refractivity contribution in [3.63, 3.8) is 0 Å². The van der Waals surface area contributed by atoms with Crippen LogP contribution >= 0.6 is 0 Å². The highest BCUT2D eigenvalue weighted by atomic mass is 16.5. The van der Waals surface area contributed by atoms with Crippen molar-refractivity contribution < 1.29 is 14.2 Å². The lowest BCUT2D eigenvalue weighted by Crippen LogP contribution is -2.31. The molecule has 0 saturated carbocycles. The van der Waals surface area contributed by atoms with Gasteiger partial charge in [-0.1, -0.05) is 12.1 Å². The summed E-state index contributed by atoms with van der Waals surface area (Å²) in [6.45, 7) is 0.279. The highest BCUT2D eigenvalue weighted by molar-refractivity contribution is 5.79. The van der Waals surface area contributed by atoms with E-state index in [9.17, 15) is 0 Å². The summed E-state index contributed by atoms with van der Waals surface area (Å²) in [5.74, 6) is 1.99. The van der Waals surface area contributed by atoms with Crippen molar-refractivity contribution in [1.29, 1.82) is 0 Å². The smallest absolute Gasteiger partial charge is 0.283 e. The van der Waals surface area contributed by atoms with Crippen LogP contribution in [-0.4, -0.2) is 34.7 Å². The van der Waals surface area contributed by atoms with E-state index in [1.54, 1.807) is 25.7 Å². The SMILES string of the molecule is COc1ccc(-c2ccc3c(c2)[C@]2(COC(N)=N2)c2cc(-c4cncnc4)ccc2O3)cn1. The molecule has 6 rings (SSSR count). The van der Waals surface area contributed by atoms with Crippen molar-refractivity contribution in [2.24, 2.45) is 10.7 Å². The Hall–Kier alpha value is -4.46. The third-order valence-electron chi connectivity index (χ3n) is 5.97. The van der Waals surface area contributed by atoms with Crippen molar-refractivity contribution in [2.45, 2.75) is 5.54 Å². The standard InChI is InChI=1S/C25H19N5O3/c1-31-23-7-4-17(12-29-23)15-2-5-21-19(8-15)25(13-32-24(26)30-25)20-9-16(3-6-22(20)33-21)18-10-27-14-28-11-18/h2-12,14H,13H2,1H3,(H2,26,30)/t25-/m1/s1. The lowest BCUT2D eigenvalue weighted by molar-refractivity contribution is 0.264. The summed E-state index contributed by atoms with van der Waals surface area (Å²) in [4.78, 5) is 17.4. The third-order valence-corrected chi connectivity index (χ3v) is 5.97. The Bertz CT molecular complexity index is 1390. The van der Waals surface area contributed by atoms with Crippen LogP contribution in [0.15, 0.2) is 78.4 Å². The molecule has 1 spiro atoms. The molecule has 4 heterocycles. The maximum absolute atomic E-state index is 6.29. The van der Waals surface area contributed by atoms with Gasteiger partial charge in [-0.15, -0.1) is 0 Å². The topological polar surface area (TPSA) is 105 Å². The zero-order valence-corrected chi connectivity index (χ0v) is 17.7. The molecule has 162 valence electrons. The second kappa shape index (κ2) is 7.30. The predicted molar refractivity (Wildman–Crippen MR) is 122 cm³/mol. The number of methoxy groups -OCH3 is 1. The zero-order valence-electron chi connectivity index (χ0n) is 17.7. The zero-order chi connectivity index (χ0) is 22.4. The molecule has 8 nitrogen and oxygen atoms in total. The first kappa shape index (κ1) is 19.2. The molecule has 0 unspecified atom stereocenters. The highest BCUT2D eigenvalue weighted by Gasteiger charge is 2.47. The Morgan fingerprint density at radius 2 is 1.52 bits per heavy atom. The molecular formula is C25H19N5O3. The normalized spacial score (nSPS) is 18.0. The second-order valence-corrected chi connectivity index (χ2v) is 7.84. The van der Waals surface area contributed by atoms with Crippen molar-refractivity contribution in [3.8, 4) is 39.6 Å². The lowest BCUT2D eigenvalue weighted by Gasteiger charge is -2.34. The first-order valence-electron chi connectivity index (χ1n) is 10.4. The van der Waals surface area contributed by atoms with Gasteiger partial charge in [0.2, 0.25) is 5.88 Å². The number of aromatic nitrogens is 3. The highest BCUT2D eigenvalue weighted by Crippen LogP contribution is 2.52. The maximum atomic E-state index is 6.29. The van der Waals surface area contributed by atoms with Gasteiger partial charge in [0, 0.05) is 46.9 Å². The van der Waals surface area contributed by atoms with Crippen LogP contribution in [0.2, 0.25) is 0 Å². The van der Waals surface area contributed by atoms with Gasteiger partial charge in [-0.25, -0.2) is 19.9 Å². The van der Waals surface area contributed by atoms with Crippen molar-refractivity contribution in [1.82, 2.24) is 15.0 Å². The van der Waals surface area contributed by atoms with E-state index in [0.29, 0.717) is 17.4 Å². The van der Waals surface area contributed by atoms with E-state index in [4.69, 9.17) is 24.9 Å². The lowest BCUT2D eigenvalue weighted by atomic mass is 9.79. The first-order chi connectivity index (χ1) is 16.2. The molecule has 0 aliphatic carbocycles. The van der Waals surface area contributed by atoms with E-state index in [1.165, 1.54) is 6.33 Å². The molecular weight excluding hydrogens is 418 g/mol. The van der Waals surface area contributed by atoms with E-state index in [1.807, 2.05) is 42.5 Å². The number of rotatable bonds is 3. The van der Waals surface area contributed by atoms with E-state index in [-0.39, 0.29) is 12.6 Å². The Balaban J connectivity index is 1.52. The van der Waals surface area contributed by atoms with Crippen LogP contribution in [0.1, 0.15) is 11.1 Å². The molecule has 2 aromatic heterocycles. The summed E-state index contributed by atoms with van der Waals surface area (Å²) in [6, 6.07) is 15.9. The van der Waals surface area contributed by atoms with Crippen molar-refractivity contribution >= 4 is 6.02 Å². The van der Waals surface area contributed by atoms with Gasteiger partial charge in [0.05, 0.1) is 7.11 Å². The largest absolute Gasteiger partial charge is 0.481 e. The van der Waals surface area contributed by atoms with Crippen LogP contribution in [0, 0.1) is 0 Å². The van der Waals surface area contributed by atoms with Gasteiger partial charge >= 0.3 is 0 Å². The molecule has 33 heavy (non-hydrogen) atoms. The van der Waals surface area contributed by atoms with Gasteiger partial charge in [-0.3, -0.25) is 0 Å². The predicted octanol–water partition coefficient (Wildman–Crippen LogP) is 3.91. The number of hydrogen-bond donors (Lipinski definition) is 1. The van der Waals surface area contributed by atoms with E-state index in [2.05, 4.69) is 21.0 Å². The van der Waals surface area contributed by atoms with Crippen LogP contribution in [-0.2, 0) is 10.3 Å². The Morgan fingerprint density at radius 1 is 0.848 bits per heavy atom.